The van der Waals surface area contributed by atoms with Crippen LogP contribution < -0.4 is 15.0 Å². The molecule has 1 heterocycles. The van der Waals surface area contributed by atoms with Crippen molar-refractivity contribution >= 4 is 17.6 Å². The lowest BCUT2D eigenvalue weighted by molar-refractivity contribution is -0.130. The van der Waals surface area contributed by atoms with Crippen LogP contribution in [0.3, 0.4) is 0 Å². The van der Waals surface area contributed by atoms with E-state index in [2.05, 4.69) is 11.9 Å². The zero-order valence-electron chi connectivity index (χ0n) is 16.8. The number of nitrogens with one attached hydrogen (secondary N) is 1. The first kappa shape index (κ1) is 20.5. The maximum absolute atomic E-state index is 12.8. The van der Waals surface area contributed by atoms with E-state index in [0.29, 0.717) is 39.2 Å². The van der Waals surface area contributed by atoms with Crippen molar-refractivity contribution in [2.45, 2.75) is 19.9 Å². The van der Waals surface area contributed by atoms with Gasteiger partial charge in [0.1, 0.15) is 12.4 Å². The van der Waals surface area contributed by atoms with Crippen LogP contribution in [0.4, 0.5) is 10.5 Å². The molecule has 1 saturated heterocycles. The fourth-order valence-electron chi connectivity index (χ4n) is 3.28. The summed E-state index contributed by atoms with van der Waals surface area (Å²) in [5.74, 6) is 0.837. The average molecular weight is 393 g/mol. The highest BCUT2D eigenvalue weighted by Crippen LogP contribution is 2.19. The summed E-state index contributed by atoms with van der Waals surface area (Å²) in [5.41, 5.74) is 2.80. The van der Waals surface area contributed by atoms with Gasteiger partial charge in [-0.1, -0.05) is 36.9 Å². The summed E-state index contributed by atoms with van der Waals surface area (Å²) >= 11 is 0. The van der Waals surface area contributed by atoms with Crippen LogP contribution in [-0.4, -0.2) is 43.1 Å². The third-order valence-electron chi connectivity index (χ3n) is 4.83. The number of hydrogen-bond donors (Lipinski definition) is 1. The highest BCUT2D eigenvalue weighted by Gasteiger charge is 2.21. The fourth-order valence-corrected chi connectivity index (χ4v) is 3.28. The van der Waals surface area contributed by atoms with E-state index in [4.69, 9.17) is 4.74 Å². The molecule has 6 heteroatoms. The Labute approximate surface area is 171 Å². The predicted octanol–water partition coefficient (Wildman–Crippen LogP) is 3.37. The van der Waals surface area contributed by atoms with Crippen LogP contribution in [0.15, 0.2) is 61.2 Å². The summed E-state index contributed by atoms with van der Waals surface area (Å²) in [6.45, 7) is 8.57. The Hall–Kier alpha value is -3.28. The Balaban J connectivity index is 1.61. The summed E-state index contributed by atoms with van der Waals surface area (Å²) in [6, 6.07) is 15.3. The quantitative estimate of drug-likeness (QED) is 0.665. The topological polar surface area (TPSA) is 61.9 Å². The normalized spacial score (nSPS) is 13.1. The molecule has 0 bridgehead atoms. The molecule has 1 aliphatic heterocycles. The Kier molecular flexibility index (Phi) is 6.89. The van der Waals surface area contributed by atoms with E-state index >= 15 is 0 Å². The second-order valence-corrected chi connectivity index (χ2v) is 6.88. The number of likely N-dealkylation sites (N-methyl/N-ethyl adjacent to an activating group) is 1. The second kappa shape index (κ2) is 9.78. The number of nitrogens with zero attached hydrogens (tertiary/aromatic N) is 2. The SMILES string of the molecule is C=CCOc1cccc(CN(CC)C(=O)Cc2ccc(N3CCNC3=O)cc2)c1. The summed E-state index contributed by atoms with van der Waals surface area (Å²) in [4.78, 5) is 28.1. The summed E-state index contributed by atoms with van der Waals surface area (Å²) in [6.07, 6.45) is 2.03. The predicted molar refractivity (Wildman–Crippen MR) is 114 cm³/mol. The molecule has 0 atom stereocenters. The largest absolute Gasteiger partial charge is 0.490 e. The minimum atomic E-state index is -0.0784. The molecule has 0 spiro atoms. The standard InChI is InChI=1S/C23H27N3O3/c1-3-14-29-21-7-5-6-19(15-21)17-25(4-2)22(27)16-18-8-10-20(11-9-18)26-13-12-24-23(26)28/h3,5-11,15H,1,4,12-14,16-17H2,2H3,(H,24,28). The Morgan fingerprint density at radius 2 is 2.03 bits per heavy atom. The van der Waals surface area contributed by atoms with Gasteiger partial charge in [0.15, 0.2) is 0 Å². The zero-order chi connectivity index (χ0) is 20.6. The van der Waals surface area contributed by atoms with Crippen LogP contribution in [0.1, 0.15) is 18.1 Å². The minimum Gasteiger partial charge on any atom is -0.490 e. The molecule has 0 radical (unpaired) electrons. The molecule has 2 aromatic carbocycles. The summed E-state index contributed by atoms with van der Waals surface area (Å²) in [5, 5.41) is 2.79. The van der Waals surface area contributed by atoms with Gasteiger partial charge in [-0.3, -0.25) is 9.69 Å². The molecular weight excluding hydrogens is 366 g/mol. The number of ether oxygens (including phenoxy) is 1. The van der Waals surface area contributed by atoms with Crippen LogP contribution >= 0.6 is 0 Å². The number of benzene rings is 2. The molecule has 6 nitrogen and oxygen atoms in total. The van der Waals surface area contributed by atoms with Crippen LogP contribution in [0.2, 0.25) is 0 Å². The van der Waals surface area contributed by atoms with E-state index in [1.165, 1.54) is 0 Å². The molecule has 0 aliphatic carbocycles. The van der Waals surface area contributed by atoms with Crippen LogP contribution in [-0.2, 0) is 17.8 Å². The maximum atomic E-state index is 12.8. The van der Waals surface area contributed by atoms with Crippen LogP contribution in [0.5, 0.6) is 5.75 Å². The molecule has 2 aromatic rings. The molecule has 152 valence electrons. The Morgan fingerprint density at radius 3 is 2.69 bits per heavy atom. The van der Waals surface area contributed by atoms with E-state index in [-0.39, 0.29) is 11.9 Å². The van der Waals surface area contributed by atoms with Gasteiger partial charge in [0.05, 0.1) is 6.42 Å². The van der Waals surface area contributed by atoms with Crippen molar-refractivity contribution < 1.29 is 14.3 Å². The maximum Gasteiger partial charge on any atom is 0.321 e. The molecular formula is C23H27N3O3. The Bertz CT molecular complexity index is 864. The van der Waals surface area contributed by atoms with Gasteiger partial charge >= 0.3 is 6.03 Å². The van der Waals surface area contributed by atoms with E-state index in [9.17, 15) is 9.59 Å². The number of amides is 3. The van der Waals surface area contributed by atoms with Crippen molar-refractivity contribution in [2.75, 3.05) is 31.1 Å². The monoisotopic (exact) mass is 393 g/mol. The first-order valence-electron chi connectivity index (χ1n) is 9.85. The van der Waals surface area contributed by atoms with Crippen molar-refractivity contribution in [3.8, 4) is 5.75 Å². The summed E-state index contributed by atoms with van der Waals surface area (Å²) in [7, 11) is 0. The van der Waals surface area contributed by atoms with E-state index in [1.54, 1.807) is 11.0 Å². The lowest BCUT2D eigenvalue weighted by atomic mass is 10.1. The van der Waals surface area contributed by atoms with Crippen LogP contribution in [0, 0.1) is 0 Å². The fraction of sp³-hybridized carbons (Fsp3) is 0.304. The first-order valence-corrected chi connectivity index (χ1v) is 9.85. The minimum absolute atomic E-state index is 0.0663. The third kappa shape index (κ3) is 5.38. The molecule has 0 unspecified atom stereocenters. The van der Waals surface area contributed by atoms with Gasteiger partial charge in [-0.15, -0.1) is 0 Å². The molecule has 1 fully saturated rings. The van der Waals surface area contributed by atoms with Crippen molar-refractivity contribution in [2.24, 2.45) is 0 Å². The number of carbonyl (C=O) groups excluding carboxylic acids is 2. The number of urea groups is 1. The summed E-state index contributed by atoms with van der Waals surface area (Å²) < 4.78 is 5.57. The first-order chi connectivity index (χ1) is 14.1. The Morgan fingerprint density at radius 1 is 1.24 bits per heavy atom. The molecule has 1 N–H and O–H groups in total. The third-order valence-corrected chi connectivity index (χ3v) is 4.83. The lowest BCUT2D eigenvalue weighted by Crippen LogP contribution is -2.31. The molecule has 3 amide bonds. The van der Waals surface area contributed by atoms with Gasteiger partial charge in [0.2, 0.25) is 5.91 Å². The number of anilines is 1. The van der Waals surface area contributed by atoms with Crippen molar-refractivity contribution in [3.63, 3.8) is 0 Å². The molecule has 29 heavy (non-hydrogen) atoms. The zero-order valence-corrected chi connectivity index (χ0v) is 16.8. The smallest absolute Gasteiger partial charge is 0.321 e. The van der Waals surface area contributed by atoms with Gasteiger partial charge in [-0.25, -0.2) is 4.79 Å². The highest BCUT2D eigenvalue weighted by molar-refractivity contribution is 5.94. The van der Waals surface area contributed by atoms with E-state index < -0.39 is 0 Å². The van der Waals surface area contributed by atoms with Crippen molar-refractivity contribution in [3.05, 3.63) is 72.3 Å². The van der Waals surface area contributed by atoms with E-state index in [1.807, 2.05) is 60.4 Å². The van der Waals surface area contributed by atoms with E-state index in [0.717, 1.165) is 22.6 Å². The van der Waals surface area contributed by atoms with Crippen molar-refractivity contribution in [1.29, 1.82) is 0 Å². The molecule has 3 rings (SSSR count). The van der Waals surface area contributed by atoms with Gasteiger partial charge < -0.3 is 15.0 Å². The van der Waals surface area contributed by atoms with Gasteiger partial charge in [0, 0.05) is 31.9 Å². The lowest BCUT2D eigenvalue weighted by Gasteiger charge is -2.22. The van der Waals surface area contributed by atoms with Crippen molar-refractivity contribution in [1.82, 2.24) is 10.2 Å². The second-order valence-electron chi connectivity index (χ2n) is 6.88. The van der Waals surface area contributed by atoms with Gasteiger partial charge in [-0.05, 0) is 42.3 Å². The highest BCUT2D eigenvalue weighted by atomic mass is 16.5. The average Bonchev–Trinajstić information content (AvgIpc) is 3.17. The molecule has 0 aromatic heterocycles. The molecule has 1 aliphatic rings. The number of hydrogen-bond acceptors (Lipinski definition) is 3. The van der Waals surface area contributed by atoms with Gasteiger partial charge in [0.25, 0.3) is 0 Å². The molecule has 0 saturated carbocycles. The van der Waals surface area contributed by atoms with Gasteiger partial charge in [-0.2, -0.15) is 0 Å². The number of carbonyl (C=O) groups is 2. The van der Waals surface area contributed by atoms with Crippen LogP contribution in [0.25, 0.3) is 0 Å². The number of rotatable bonds is 9.